The second-order valence-electron chi connectivity index (χ2n) is 26.1. The molecule has 6 aliphatic heterocycles. The molecule has 666 valence electrons. The molecule has 0 fully saturated rings. The third-order valence-electron chi connectivity index (χ3n) is 16.9. The van der Waals surface area contributed by atoms with Crippen molar-refractivity contribution in [2.45, 2.75) is 88.0 Å². The minimum absolute atomic E-state index is 0.00840. The Hall–Kier alpha value is -9.01. The number of hydrogen-bond acceptors (Lipinski definition) is 25. The number of carbonyl (C=O) groups excluding carboxylic acids is 12. The van der Waals surface area contributed by atoms with Crippen molar-refractivity contribution >= 4 is 253 Å². The number of esters is 12. The van der Waals surface area contributed by atoms with Crippen molar-refractivity contribution in [2.75, 3.05) is 82.0 Å². The Morgan fingerprint density at radius 3 is 0.888 bits per heavy atom. The van der Waals surface area contributed by atoms with Crippen LogP contribution in [0.2, 0.25) is 20.1 Å². The SMILES string of the molecule is COc1ccc(C2=CC(COC(=O)CCCl)OC2=O)cc1Br.O=C(CCCCl)OCC1C=C(c2ccc(Cl)c(Cl)c2)C(=O)O1.O=C(CCCCl)OCC1C=C(c2cccc(Cl)c2)C(=O)O1.O=C(CCCl)OCC1C=C(c2cccc(Br)c2)C(=O)O1.O=C(CCCl)OCC1C=C(c2cccc(Cl)c2)C(=O)O1.O=C(CCCl)OCC1C=C(c2cccc(F)c2)C(=O)O1. The van der Waals surface area contributed by atoms with Gasteiger partial charge in [0.1, 0.15) is 51.2 Å². The summed E-state index contributed by atoms with van der Waals surface area (Å²) in [6, 6.07) is 37.0. The molecule has 38 heteroatoms. The minimum atomic E-state index is -0.653. The Bertz CT molecular complexity index is 4820. The Morgan fingerprint density at radius 2 is 0.608 bits per heavy atom. The molecule has 6 unspecified atom stereocenters. The molecule has 25 nitrogen and oxygen atoms in total. The first-order chi connectivity index (χ1) is 59.9. The molecule has 0 bridgehead atoms. The number of benzene rings is 6. The lowest BCUT2D eigenvalue weighted by atomic mass is 10.1. The molecule has 125 heavy (non-hydrogen) atoms. The van der Waals surface area contributed by atoms with Crippen LogP contribution in [0, 0.1) is 5.82 Å². The van der Waals surface area contributed by atoms with E-state index in [-0.39, 0.29) is 119 Å². The van der Waals surface area contributed by atoms with Crippen LogP contribution in [0.15, 0.2) is 179 Å². The maximum Gasteiger partial charge on any atom is 0.339 e. The fraction of sp³-hybridized carbons (Fsp3) is 0.310. The molecular weight excluding hydrogens is 1980 g/mol. The zero-order valence-electron chi connectivity index (χ0n) is 65.9. The number of alkyl halides is 6. The summed E-state index contributed by atoms with van der Waals surface area (Å²) in [6.07, 6.45) is 8.31. The highest BCUT2D eigenvalue weighted by atomic mass is 79.9. The average Bonchev–Trinajstić information content (AvgIpc) is 1.73. The number of carbonyl (C=O) groups is 12. The summed E-state index contributed by atoms with van der Waals surface area (Å²) in [7, 11) is 1.56. The summed E-state index contributed by atoms with van der Waals surface area (Å²) in [5, 5.41) is 1.83. The van der Waals surface area contributed by atoms with E-state index in [0.717, 1.165) is 14.5 Å². The van der Waals surface area contributed by atoms with E-state index >= 15 is 0 Å². The smallest absolute Gasteiger partial charge is 0.339 e. The van der Waals surface area contributed by atoms with E-state index in [4.69, 9.17) is 178 Å². The minimum Gasteiger partial charge on any atom is -0.496 e. The van der Waals surface area contributed by atoms with Gasteiger partial charge < -0.3 is 61.6 Å². The predicted molar refractivity (Wildman–Crippen MR) is 475 cm³/mol. The van der Waals surface area contributed by atoms with E-state index in [1.807, 2.05) is 24.3 Å². The van der Waals surface area contributed by atoms with Crippen LogP contribution in [0.25, 0.3) is 33.4 Å². The molecule has 6 aliphatic rings. The Labute approximate surface area is 784 Å². The lowest BCUT2D eigenvalue weighted by Crippen LogP contribution is -2.18. The van der Waals surface area contributed by atoms with Gasteiger partial charge in [-0.15, -0.1) is 69.6 Å². The first-order valence-corrected chi connectivity index (χ1v) is 44.0. The third-order valence-corrected chi connectivity index (χ3v) is 20.5. The van der Waals surface area contributed by atoms with Gasteiger partial charge in [-0.3, -0.25) is 28.8 Å². The summed E-state index contributed by atoms with van der Waals surface area (Å²) in [5.74, 6) is -3.39. The van der Waals surface area contributed by atoms with E-state index < -0.39 is 102 Å². The van der Waals surface area contributed by atoms with Crippen molar-refractivity contribution < 1.29 is 124 Å². The Balaban J connectivity index is 0.000000206. The van der Waals surface area contributed by atoms with Gasteiger partial charge >= 0.3 is 71.6 Å². The third kappa shape index (κ3) is 34.9. The molecule has 0 N–H and O–H groups in total. The van der Waals surface area contributed by atoms with Gasteiger partial charge in [0.05, 0.1) is 80.7 Å². The average molecular weight is 2060 g/mol. The second-order valence-corrected chi connectivity index (χ2v) is 31.8. The standard InChI is InChI=1S/C15H14BrClO5.C15H13Cl3O4.C15H14Cl2O4.C14H12BrClO4.C14H12Cl2O4.C14H12ClFO4/c1-20-13-3-2-9(6-12(13)16)11-7-10(22-15(11)19)8-21-14(18)4-5-17;16-5-1-2-14(19)21-8-10-7-11(15(20)22-10)9-3-4-12(17)13(18)6-9;16-6-2-5-14(18)20-9-12-8-13(15(19)21-12)10-3-1-4-11(17)7-10;15-10-3-1-2-9(6-10)12-7-11(20-14(12)18)8-19-13(17)4-5-16;2*15-5-4-13(17)19-8-11-7-12(14(18)20-11)9-2-1-3-10(16)6-9/h2-3,6-7,10H,4-5,8H2,1H3;3-4,6-7,10H,1-2,5,8H2;1,3-4,7-8,12H,2,5-6,9H2;3*1-3,6-7,11H,4-5,8H2. The molecular formula is C87H77Br2Cl10FO25. The topological polar surface area (TPSA) is 325 Å². The monoisotopic (exact) mass is 2050 g/mol. The molecule has 6 atom stereocenters. The number of methoxy groups -OCH3 is 1. The summed E-state index contributed by atoms with van der Waals surface area (Å²) < 4.78 is 80.5. The van der Waals surface area contributed by atoms with Crippen LogP contribution in [0.4, 0.5) is 4.39 Å². The fourth-order valence-corrected chi connectivity index (χ4v) is 13.5. The number of rotatable bonds is 33. The molecule has 0 saturated carbocycles. The maximum atomic E-state index is 13.1. The highest BCUT2D eigenvalue weighted by Crippen LogP contribution is 2.35. The van der Waals surface area contributed by atoms with Crippen LogP contribution in [0.5, 0.6) is 5.75 Å². The molecule has 0 amide bonds. The van der Waals surface area contributed by atoms with Crippen molar-refractivity contribution in [3.63, 3.8) is 0 Å². The second kappa shape index (κ2) is 54.2. The van der Waals surface area contributed by atoms with Gasteiger partial charge in [-0.2, -0.15) is 0 Å². The molecule has 12 rings (SSSR count). The Morgan fingerprint density at radius 1 is 0.328 bits per heavy atom. The van der Waals surface area contributed by atoms with Gasteiger partial charge in [0.15, 0.2) is 36.6 Å². The molecule has 0 aliphatic carbocycles. The van der Waals surface area contributed by atoms with Gasteiger partial charge in [-0.05, 0) is 171 Å². The van der Waals surface area contributed by atoms with E-state index in [1.165, 1.54) is 24.3 Å². The number of cyclic esters (lactones) is 6. The summed E-state index contributed by atoms with van der Waals surface area (Å²) in [5.41, 5.74) is 6.27. The molecule has 0 spiro atoms. The van der Waals surface area contributed by atoms with E-state index in [0.29, 0.717) is 106 Å². The fourth-order valence-electron chi connectivity index (χ4n) is 11.0. The zero-order valence-corrected chi connectivity index (χ0v) is 76.6. The van der Waals surface area contributed by atoms with Crippen LogP contribution in [0.3, 0.4) is 0 Å². The first kappa shape index (κ1) is 103. The number of halogens is 13. The van der Waals surface area contributed by atoms with Gasteiger partial charge in [-0.1, -0.05) is 123 Å². The molecule has 0 aromatic heterocycles. The highest BCUT2D eigenvalue weighted by molar-refractivity contribution is 9.10. The first-order valence-electron chi connectivity index (χ1n) is 37.6. The van der Waals surface area contributed by atoms with Crippen LogP contribution in [0.1, 0.15) is 84.7 Å². The quantitative estimate of drug-likeness (QED) is 0.0210. The van der Waals surface area contributed by atoms with Crippen molar-refractivity contribution in [2.24, 2.45) is 0 Å². The van der Waals surface area contributed by atoms with E-state index in [2.05, 4.69) is 31.9 Å². The van der Waals surface area contributed by atoms with Crippen molar-refractivity contribution in [1.29, 1.82) is 0 Å². The van der Waals surface area contributed by atoms with Crippen LogP contribution < -0.4 is 4.74 Å². The molecule has 0 radical (unpaired) electrons. The summed E-state index contributed by atoms with van der Waals surface area (Å²) in [4.78, 5) is 138. The number of hydrogen-bond donors (Lipinski definition) is 0. The number of ether oxygens (including phenoxy) is 13. The van der Waals surface area contributed by atoms with Crippen LogP contribution in [-0.2, 0) is 114 Å². The summed E-state index contributed by atoms with van der Waals surface area (Å²) >= 11 is 63.0. The largest absolute Gasteiger partial charge is 0.496 e. The van der Waals surface area contributed by atoms with Gasteiger partial charge in [0.25, 0.3) is 0 Å². The van der Waals surface area contributed by atoms with Gasteiger partial charge in [0.2, 0.25) is 0 Å². The molecule has 6 aromatic carbocycles. The van der Waals surface area contributed by atoms with Crippen LogP contribution in [-0.4, -0.2) is 190 Å². The van der Waals surface area contributed by atoms with E-state index in [9.17, 15) is 61.9 Å². The maximum absolute atomic E-state index is 13.1. The van der Waals surface area contributed by atoms with Crippen molar-refractivity contribution in [3.8, 4) is 5.75 Å². The normalized spacial score (nSPS) is 17.4. The lowest BCUT2D eigenvalue weighted by Gasteiger charge is -2.08. The lowest BCUT2D eigenvalue weighted by molar-refractivity contribution is -0.151. The van der Waals surface area contributed by atoms with Crippen molar-refractivity contribution in [1.82, 2.24) is 0 Å². The summed E-state index contributed by atoms with van der Waals surface area (Å²) in [6.45, 7) is -0.0817. The predicted octanol–water partition coefficient (Wildman–Crippen LogP) is 18.1. The highest BCUT2D eigenvalue weighted by Gasteiger charge is 2.34. The molecule has 6 heterocycles. The van der Waals surface area contributed by atoms with Crippen molar-refractivity contribution in [3.05, 3.63) is 238 Å². The van der Waals surface area contributed by atoms with Gasteiger partial charge in [-0.25, -0.2) is 33.2 Å². The molecule has 0 saturated heterocycles. The van der Waals surface area contributed by atoms with Crippen LogP contribution >= 0.6 is 148 Å². The van der Waals surface area contributed by atoms with E-state index in [1.54, 1.807) is 128 Å². The molecule has 6 aromatic rings. The van der Waals surface area contributed by atoms with Gasteiger partial charge in [0, 0.05) is 62.6 Å². The Kier molecular flexibility index (Phi) is 44.7. The zero-order chi connectivity index (χ0) is 91.1.